The summed E-state index contributed by atoms with van der Waals surface area (Å²) in [6, 6.07) is 10.9. The second kappa shape index (κ2) is 6.84. The average Bonchev–Trinajstić information content (AvgIpc) is 3.00. The zero-order valence-electron chi connectivity index (χ0n) is 14.9. The number of halogens is 4. The minimum Gasteiger partial charge on any atom is -0.206 e. The van der Waals surface area contributed by atoms with Crippen LogP contribution in [0.2, 0.25) is 0 Å². The molecule has 0 bridgehead atoms. The molecule has 0 fully saturated rings. The highest BCUT2D eigenvalue weighted by Gasteiger charge is 2.22. The number of benzene rings is 3. The van der Waals surface area contributed by atoms with Gasteiger partial charge in [-0.1, -0.05) is 31.5 Å². The maximum Gasteiger partial charge on any atom is 0.194 e. The zero-order chi connectivity index (χ0) is 19.1. The standard InChI is InChI=1S/C23H18F4/c1-2-3-4-13-5-6-17-14(7-13)8-15-9-19(20(24)12-18(15)17)16-10-21(25)23(27)22(26)11-16/h5-7,9-12H,2-4,8H2,1H3. The molecule has 0 atom stereocenters. The molecule has 0 heterocycles. The zero-order valence-corrected chi connectivity index (χ0v) is 14.9. The van der Waals surface area contributed by atoms with Crippen LogP contribution in [-0.2, 0) is 12.8 Å². The van der Waals surface area contributed by atoms with Crippen molar-refractivity contribution in [2.24, 2.45) is 0 Å². The fourth-order valence-corrected chi connectivity index (χ4v) is 3.74. The maximum absolute atomic E-state index is 14.7. The first-order chi connectivity index (χ1) is 13.0. The van der Waals surface area contributed by atoms with Gasteiger partial charge in [0.15, 0.2) is 17.5 Å². The van der Waals surface area contributed by atoms with Crippen molar-refractivity contribution in [3.63, 3.8) is 0 Å². The predicted molar refractivity (Wildman–Crippen MR) is 98.6 cm³/mol. The van der Waals surface area contributed by atoms with Gasteiger partial charge in [0.05, 0.1) is 0 Å². The van der Waals surface area contributed by atoms with Gasteiger partial charge >= 0.3 is 0 Å². The van der Waals surface area contributed by atoms with Crippen molar-refractivity contribution in [3.05, 3.63) is 82.4 Å². The minimum atomic E-state index is -1.55. The summed E-state index contributed by atoms with van der Waals surface area (Å²) in [7, 11) is 0. The Morgan fingerprint density at radius 3 is 2.15 bits per heavy atom. The van der Waals surface area contributed by atoms with Crippen LogP contribution >= 0.6 is 0 Å². The molecule has 0 radical (unpaired) electrons. The van der Waals surface area contributed by atoms with E-state index in [0.29, 0.717) is 6.42 Å². The SMILES string of the molecule is CCCCc1ccc2c(c1)Cc1cc(-c3cc(F)c(F)c(F)c3)c(F)cc1-2. The Morgan fingerprint density at radius 1 is 0.741 bits per heavy atom. The Labute approximate surface area is 155 Å². The lowest BCUT2D eigenvalue weighted by Crippen LogP contribution is -1.95. The van der Waals surface area contributed by atoms with E-state index in [2.05, 4.69) is 19.1 Å². The summed E-state index contributed by atoms with van der Waals surface area (Å²) < 4.78 is 55.0. The van der Waals surface area contributed by atoms with Crippen molar-refractivity contribution < 1.29 is 17.6 Å². The number of aryl methyl sites for hydroxylation is 1. The van der Waals surface area contributed by atoms with E-state index in [1.807, 2.05) is 6.07 Å². The van der Waals surface area contributed by atoms with Crippen LogP contribution in [0, 0.1) is 23.3 Å². The Kier molecular flexibility index (Phi) is 4.50. The highest BCUT2D eigenvalue weighted by atomic mass is 19.2. The molecule has 0 saturated carbocycles. The fourth-order valence-electron chi connectivity index (χ4n) is 3.74. The Morgan fingerprint density at radius 2 is 1.44 bits per heavy atom. The van der Waals surface area contributed by atoms with Crippen LogP contribution in [0.25, 0.3) is 22.3 Å². The Balaban J connectivity index is 1.75. The van der Waals surface area contributed by atoms with Gasteiger partial charge in [-0.2, -0.15) is 0 Å². The summed E-state index contributed by atoms with van der Waals surface area (Å²) in [5.41, 5.74) is 5.15. The van der Waals surface area contributed by atoms with Crippen LogP contribution < -0.4 is 0 Å². The molecule has 4 rings (SSSR count). The highest BCUT2D eigenvalue weighted by Crippen LogP contribution is 2.40. The van der Waals surface area contributed by atoms with E-state index in [0.717, 1.165) is 53.6 Å². The molecule has 0 aromatic heterocycles. The first kappa shape index (κ1) is 17.8. The molecule has 138 valence electrons. The lowest BCUT2D eigenvalue weighted by Gasteiger charge is -2.09. The van der Waals surface area contributed by atoms with E-state index < -0.39 is 23.3 Å². The summed E-state index contributed by atoms with van der Waals surface area (Å²) in [5.74, 6) is -4.78. The normalized spacial score (nSPS) is 12.2. The summed E-state index contributed by atoms with van der Waals surface area (Å²) in [6.45, 7) is 2.15. The summed E-state index contributed by atoms with van der Waals surface area (Å²) in [6.07, 6.45) is 3.89. The molecule has 0 N–H and O–H groups in total. The maximum atomic E-state index is 14.7. The van der Waals surface area contributed by atoms with Gasteiger partial charge in [-0.25, -0.2) is 17.6 Å². The summed E-state index contributed by atoms with van der Waals surface area (Å²) >= 11 is 0. The van der Waals surface area contributed by atoms with Gasteiger partial charge in [0.1, 0.15) is 5.82 Å². The third kappa shape index (κ3) is 3.14. The van der Waals surface area contributed by atoms with Crippen molar-refractivity contribution >= 4 is 0 Å². The van der Waals surface area contributed by atoms with Crippen molar-refractivity contribution in [2.75, 3.05) is 0 Å². The molecule has 0 amide bonds. The monoisotopic (exact) mass is 370 g/mol. The molecule has 1 aliphatic carbocycles. The number of unbranched alkanes of at least 4 members (excludes halogenated alkanes) is 1. The molecule has 0 nitrogen and oxygen atoms in total. The molecule has 0 unspecified atom stereocenters. The van der Waals surface area contributed by atoms with Gasteiger partial charge < -0.3 is 0 Å². The molecule has 0 spiro atoms. The van der Waals surface area contributed by atoms with Crippen LogP contribution in [0.4, 0.5) is 17.6 Å². The molecule has 0 aliphatic heterocycles. The topological polar surface area (TPSA) is 0 Å². The number of rotatable bonds is 4. The molecule has 1 aliphatic rings. The lowest BCUT2D eigenvalue weighted by atomic mass is 9.97. The van der Waals surface area contributed by atoms with Crippen LogP contribution in [0.1, 0.15) is 36.5 Å². The Bertz CT molecular complexity index is 1010. The number of hydrogen-bond acceptors (Lipinski definition) is 0. The van der Waals surface area contributed by atoms with Crippen LogP contribution in [0.3, 0.4) is 0 Å². The van der Waals surface area contributed by atoms with E-state index in [9.17, 15) is 17.6 Å². The third-order valence-corrected chi connectivity index (χ3v) is 5.15. The van der Waals surface area contributed by atoms with Gasteiger partial charge in [0, 0.05) is 5.56 Å². The molecular formula is C23H18F4. The molecule has 27 heavy (non-hydrogen) atoms. The smallest absolute Gasteiger partial charge is 0.194 e. The van der Waals surface area contributed by atoms with Gasteiger partial charge in [-0.05, 0) is 76.9 Å². The molecule has 0 saturated heterocycles. The quantitative estimate of drug-likeness (QED) is 0.273. The van der Waals surface area contributed by atoms with Crippen LogP contribution in [0.5, 0.6) is 0 Å². The second-order valence-corrected chi connectivity index (χ2v) is 7.01. The van der Waals surface area contributed by atoms with Gasteiger partial charge in [-0.15, -0.1) is 0 Å². The largest absolute Gasteiger partial charge is 0.206 e. The molecule has 4 heteroatoms. The molecular weight excluding hydrogens is 352 g/mol. The third-order valence-electron chi connectivity index (χ3n) is 5.15. The van der Waals surface area contributed by atoms with Crippen molar-refractivity contribution in [3.8, 4) is 22.3 Å². The van der Waals surface area contributed by atoms with Crippen molar-refractivity contribution in [1.82, 2.24) is 0 Å². The summed E-state index contributed by atoms with van der Waals surface area (Å²) in [5, 5.41) is 0. The van der Waals surface area contributed by atoms with E-state index in [1.54, 1.807) is 6.07 Å². The number of fused-ring (bicyclic) bond motifs is 3. The lowest BCUT2D eigenvalue weighted by molar-refractivity contribution is 0.447. The second-order valence-electron chi connectivity index (χ2n) is 7.01. The van der Waals surface area contributed by atoms with Gasteiger partial charge in [-0.3, -0.25) is 0 Å². The van der Waals surface area contributed by atoms with E-state index in [-0.39, 0.29) is 11.1 Å². The first-order valence-corrected chi connectivity index (χ1v) is 9.07. The molecule has 3 aromatic carbocycles. The fraction of sp³-hybridized carbons (Fsp3) is 0.217. The van der Waals surface area contributed by atoms with E-state index >= 15 is 0 Å². The first-order valence-electron chi connectivity index (χ1n) is 9.07. The number of hydrogen-bond donors (Lipinski definition) is 0. The van der Waals surface area contributed by atoms with Crippen molar-refractivity contribution in [2.45, 2.75) is 32.6 Å². The van der Waals surface area contributed by atoms with Gasteiger partial charge in [0.25, 0.3) is 0 Å². The van der Waals surface area contributed by atoms with E-state index in [1.165, 1.54) is 11.6 Å². The van der Waals surface area contributed by atoms with Crippen LogP contribution in [0.15, 0.2) is 42.5 Å². The summed E-state index contributed by atoms with van der Waals surface area (Å²) in [4.78, 5) is 0. The van der Waals surface area contributed by atoms with Crippen LogP contribution in [-0.4, -0.2) is 0 Å². The predicted octanol–water partition coefficient (Wildman–Crippen LogP) is 6.82. The Hall–Kier alpha value is -2.62. The average molecular weight is 370 g/mol. The minimum absolute atomic E-state index is 0.00806. The van der Waals surface area contributed by atoms with Crippen molar-refractivity contribution in [1.29, 1.82) is 0 Å². The van der Waals surface area contributed by atoms with E-state index in [4.69, 9.17) is 0 Å². The van der Waals surface area contributed by atoms with Gasteiger partial charge in [0.2, 0.25) is 0 Å². The highest BCUT2D eigenvalue weighted by molar-refractivity contribution is 5.80. The molecule has 3 aromatic rings.